The van der Waals surface area contributed by atoms with E-state index >= 15 is 0 Å². The second-order valence-electron chi connectivity index (χ2n) is 6.80. The van der Waals surface area contributed by atoms with Crippen LogP contribution in [0.4, 0.5) is 0 Å². The third-order valence-electron chi connectivity index (χ3n) is 4.46. The molecule has 0 saturated heterocycles. The molecule has 23 heavy (non-hydrogen) atoms. The first-order valence-electron chi connectivity index (χ1n) is 8.42. The topological polar surface area (TPSA) is 42.7 Å². The summed E-state index contributed by atoms with van der Waals surface area (Å²) in [6.45, 7) is 5.27. The summed E-state index contributed by atoms with van der Waals surface area (Å²) in [7, 11) is 1.64. The largest absolute Gasteiger partial charge is 0.497 e. The van der Waals surface area contributed by atoms with Gasteiger partial charge in [0.25, 0.3) is 0 Å². The van der Waals surface area contributed by atoms with Crippen LogP contribution >= 0.6 is 0 Å². The molecule has 0 N–H and O–H groups in total. The molecule has 1 aromatic heterocycles. The van der Waals surface area contributed by atoms with Crippen molar-refractivity contribution in [1.82, 2.24) is 4.90 Å². The Morgan fingerprint density at radius 2 is 2.17 bits per heavy atom. The zero-order valence-corrected chi connectivity index (χ0v) is 14.2. The number of methoxy groups -OCH3 is 1. The SMILES string of the molecule is COc1ccc2c(CC(=O)N(CCC(C)C)C3CC3)coc2c1. The van der Waals surface area contributed by atoms with Crippen LogP contribution in [0.5, 0.6) is 5.75 Å². The molecule has 1 aliphatic carbocycles. The van der Waals surface area contributed by atoms with E-state index in [-0.39, 0.29) is 5.91 Å². The van der Waals surface area contributed by atoms with Crippen molar-refractivity contribution >= 4 is 16.9 Å². The maximum atomic E-state index is 12.7. The Bertz CT molecular complexity index is 685. The average Bonchev–Trinajstić information content (AvgIpc) is 3.29. The Morgan fingerprint density at radius 3 is 2.83 bits per heavy atom. The molecule has 124 valence electrons. The van der Waals surface area contributed by atoms with Crippen LogP contribution < -0.4 is 4.74 Å². The smallest absolute Gasteiger partial charge is 0.227 e. The maximum Gasteiger partial charge on any atom is 0.227 e. The van der Waals surface area contributed by atoms with Gasteiger partial charge in [0.2, 0.25) is 5.91 Å². The number of ether oxygens (including phenoxy) is 1. The van der Waals surface area contributed by atoms with Crippen LogP contribution in [0.15, 0.2) is 28.9 Å². The highest BCUT2D eigenvalue weighted by molar-refractivity contribution is 5.88. The van der Waals surface area contributed by atoms with Crippen LogP contribution in [0.2, 0.25) is 0 Å². The van der Waals surface area contributed by atoms with Gasteiger partial charge in [-0.05, 0) is 37.3 Å². The van der Waals surface area contributed by atoms with E-state index in [9.17, 15) is 4.79 Å². The minimum Gasteiger partial charge on any atom is -0.497 e. The number of carbonyl (C=O) groups excluding carboxylic acids is 1. The molecule has 4 nitrogen and oxygen atoms in total. The van der Waals surface area contributed by atoms with E-state index in [1.165, 1.54) is 0 Å². The zero-order chi connectivity index (χ0) is 16.4. The van der Waals surface area contributed by atoms with Crippen molar-refractivity contribution in [2.24, 2.45) is 5.92 Å². The molecule has 4 heteroatoms. The van der Waals surface area contributed by atoms with Crippen LogP contribution in [-0.2, 0) is 11.2 Å². The molecular formula is C19H25NO3. The highest BCUT2D eigenvalue weighted by Crippen LogP contribution is 2.30. The number of furan rings is 1. The third-order valence-corrected chi connectivity index (χ3v) is 4.46. The van der Waals surface area contributed by atoms with Gasteiger partial charge in [-0.3, -0.25) is 4.79 Å². The summed E-state index contributed by atoms with van der Waals surface area (Å²) in [6, 6.07) is 6.19. The van der Waals surface area contributed by atoms with E-state index in [0.29, 0.717) is 18.4 Å². The van der Waals surface area contributed by atoms with Gasteiger partial charge >= 0.3 is 0 Å². The first kappa shape index (κ1) is 15.9. The summed E-state index contributed by atoms with van der Waals surface area (Å²) in [6.07, 6.45) is 5.47. The lowest BCUT2D eigenvalue weighted by atomic mass is 10.1. The first-order valence-corrected chi connectivity index (χ1v) is 8.42. The molecule has 1 amide bonds. The quantitative estimate of drug-likeness (QED) is 0.775. The molecule has 1 aliphatic rings. The fourth-order valence-electron chi connectivity index (χ4n) is 2.89. The molecule has 0 aliphatic heterocycles. The molecule has 1 aromatic carbocycles. The van der Waals surface area contributed by atoms with Crippen LogP contribution in [-0.4, -0.2) is 30.5 Å². The number of amides is 1. The standard InChI is InChI=1S/C19H25NO3/c1-13(2)8-9-20(15-4-5-15)19(21)10-14-12-23-18-11-16(22-3)6-7-17(14)18/h6-7,11-13,15H,4-5,8-10H2,1-3H3. The molecule has 0 atom stereocenters. The average molecular weight is 315 g/mol. The predicted molar refractivity (Wildman–Crippen MR) is 90.7 cm³/mol. The Labute approximate surface area is 137 Å². The van der Waals surface area contributed by atoms with E-state index in [4.69, 9.17) is 9.15 Å². The lowest BCUT2D eigenvalue weighted by Crippen LogP contribution is -2.35. The van der Waals surface area contributed by atoms with Crippen molar-refractivity contribution in [3.8, 4) is 5.75 Å². The van der Waals surface area contributed by atoms with E-state index in [0.717, 1.165) is 48.1 Å². The van der Waals surface area contributed by atoms with Crippen LogP contribution in [0, 0.1) is 5.92 Å². The molecule has 3 rings (SSSR count). The zero-order valence-electron chi connectivity index (χ0n) is 14.2. The summed E-state index contributed by atoms with van der Waals surface area (Å²) >= 11 is 0. The monoisotopic (exact) mass is 315 g/mol. The molecule has 1 heterocycles. The van der Waals surface area contributed by atoms with Crippen molar-refractivity contribution in [2.45, 2.75) is 45.6 Å². The lowest BCUT2D eigenvalue weighted by Gasteiger charge is -2.23. The number of hydrogen-bond donors (Lipinski definition) is 0. The number of benzene rings is 1. The van der Waals surface area contributed by atoms with Crippen molar-refractivity contribution in [3.63, 3.8) is 0 Å². The fraction of sp³-hybridized carbons (Fsp3) is 0.526. The van der Waals surface area contributed by atoms with E-state index in [1.54, 1.807) is 13.4 Å². The maximum absolute atomic E-state index is 12.7. The minimum atomic E-state index is 0.215. The number of fused-ring (bicyclic) bond motifs is 1. The summed E-state index contributed by atoms with van der Waals surface area (Å²) in [5, 5.41) is 0.999. The molecule has 0 spiro atoms. The van der Waals surface area contributed by atoms with Gasteiger partial charge < -0.3 is 14.1 Å². The number of carbonyl (C=O) groups is 1. The van der Waals surface area contributed by atoms with E-state index < -0.39 is 0 Å². The third kappa shape index (κ3) is 3.69. The van der Waals surface area contributed by atoms with Crippen molar-refractivity contribution in [3.05, 3.63) is 30.0 Å². The number of hydrogen-bond acceptors (Lipinski definition) is 3. The Kier molecular flexibility index (Phi) is 4.60. The molecule has 0 unspecified atom stereocenters. The summed E-state index contributed by atoms with van der Waals surface area (Å²) in [4.78, 5) is 14.8. The van der Waals surface area contributed by atoms with Gasteiger partial charge in [0.05, 0.1) is 19.8 Å². The van der Waals surface area contributed by atoms with Crippen LogP contribution in [0.1, 0.15) is 38.7 Å². The fourth-order valence-corrected chi connectivity index (χ4v) is 2.89. The van der Waals surface area contributed by atoms with Gasteiger partial charge in [-0.2, -0.15) is 0 Å². The van der Waals surface area contributed by atoms with Gasteiger partial charge in [0.1, 0.15) is 11.3 Å². The molecule has 1 saturated carbocycles. The highest BCUT2D eigenvalue weighted by atomic mass is 16.5. The first-order chi connectivity index (χ1) is 11.1. The Morgan fingerprint density at radius 1 is 1.39 bits per heavy atom. The molecule has 1 fully saturated rings. The van der Waals surface area contributed by atoms with Gasteiger partial charge in [-0.1, -0.05) is 13.8 Å². The molecule has 0 bridgehead atoms. The van der Waals surface area contributed by atoms with Crippen molar-refractivity contribution in [2.75, 3.05) is 13.7 Å². The van der Waals surface area contributed by atoms with Gasteiger partial charge in [-0.25, -0.2) is 0 Å². The van der Waals surface area contributed by atoms with Gasteiger partial charge in [0.15, 0.2) is 0 Å². The van der Waals surface area contributed by atoms with E-state index in [2.05, 4.69) is 18.7 Å². The Balaban J connectivity index is 1.73. The normalized spacial score (nSPS) is 14.4. The summed E-state index contributed by atoms with van der Waals surface area (Å²) in [5.74, 6) is 1.60. The summed E-state index contributed by atoms with van der Waals surface area (Å²) < 4.78 is 10.8. The predicted octanol–water partition coefficient (Wildman–Crippen LogP) is 4.02. The second kappa shape index (κ2) is 6.65. The highest BCUT2D eigenvalue weighted by Gasteiger charge is 2.32. The van der Waals surface area contributed by atoms with Crippen LogP contribution in [0.3, 0.4) is 0 Å². The molecular weight excluding hydrogens is 290 g/mol. The van der Waals surface area contributed by atoms with E-state index in [1.807, 2.05) is 18.2 Å². The number of nitrogens with zero attached hydrogens (tertiary/aromatic N) is 1. The molecule has 2 aromatic rings. The van der Waals surface area contributed by atoms with Crippen LogP contribution in [0.25, 0.3) is 11.0 Å². The minimum absolute atomic E-state index is 0.215. The number of rotatable bonds is 7. The Hall–Kier alpha value is -1.97. The summed E-state index contributed by atoms with van der Waals surface area (Å²) in [5.41, 5.74) is 1.73. The van der Waals surface area contributed by atoms with Gasteiger partial charge in [0, 0.05) is 29.6 Å². The van der Waals surface area contributed by atoms with Crippen molar-refractivity contribution < 1.29 is 13.9 Å². The second-order valence-corrected chi connectivity index (χ2v) is 6.80. The van der Waals surface area contributed by atoms with Gasteiger partial charge in [-0.15, -0.1) is 0 Å². The van der Waals surface area contributed by atoms with Crippen molar-refractivity contribution in [1.29, 1.82) is 0 Å². The lowest BCUT2D eigenvalue weighted by molar-refractivity contribution is -0.131. The molecule has 0 radical (unpaired) electrons.